The molecule has 4 heteroatoms. The van der Waals surface area contributed by atoms with Crippen LogP contribution in [0.4, 0.5) is 0 Å². The number of aryl methyl sites for hydroxylation is 1. The lowest BCUT2D eigenvalue weighted by Gasteiger charge is -2.23. The van der Waals surface area contributed by atoms with Crippen LogP contribution in [0.1, 0.15) is 50.4 Å². The Hall–Kier alpha value is -0.870. The van der Waals surface area contributed by atoms with E-state index in [-0.39, 0.29) is 6.04 Å². The van der Waals surface area contributed by atoms with Gasteiger partial charge in [-0.15, -0.1) is 0 Å². The third kappa shape index (κ3) is 2.75. The summed E-state index contributed by atoms with van der Waals surface area (Å²) in [5, 5.41) is 8.02. The maximum Gasteiger partial charge on any atom is 0.0540 e. The van der Waals surface area contributed by atoms with Crippen LogP contribution in [0.5, 0.6) is 0 Å². The third-order valence-corrected chi connectivity index (χ3v) is 4.29. The predicted molar refractivity (Wildman–Crippen MR) is 74.3 cm³/mol. The predicted octanol–water partition coefficient (Wildman–Crippen LogP) is 1.90. The highest BCUT2D eigenvalue weighted by Crippen LogP contribution is 2.37. The molecule has 0 radical (unpaired) electrons. The van der Waals surface area contributed by atoms with Gasteiger partial charge in [0.2, 0.25) is 0 Å². The first-order valence-corrected chi connectivity index (χ1v) is 6.87. The molecule has 2 rings (SSSR count). The molecule has 0 amide bonds. The van der Waals surface area contributed by atoms with E-state index in [0.717, 1.165) is 0 Å². The van der Waals surface area contributed by atoms with Crippen molar-refractivity contribution in [1.29, 1.82) is 0 Å². The maximum atomic E-state index is 5.93. The van der Waals surface area contributed by atoms with Crippen LogP contribution in [0.3, 0.4) is 0 Å². The van der Waals surface area contributed by atoms with Crippen molar-refractivity contribution in [2.24, 2.45) is 18.2 Å². The van der Waals surface area contributed by atoms with Gasteiger partial charge in [-0.1, -0.05) is 13.8 Å². The van der Waals surface area contributed by atoms with Crippen molar-refractivity contribution in [3.8, 4) is 0 Å². The first-order chi connectivity index (χ1) is 8.43. The highest BCUT2D eigenvalue weighted by atomic mass is 15.3. The third-order valence-electron chi connectivity index (χ3n) is 4.29. The quantitative estimate of drug-likeness (QED) is 0.858. The second-order valence-corrected chi connectivity index (χ2v) is 6.37. The van der Waals surface area contributed by atoms with Gasteiger partial charge in [-0.2, -0.15) is 5.10 Å². The topological polar surface area (TPSA) is 55.9 Å². The summed E-state index contributed by atoms with van der Waals surface area (Å²) < 4.78 is 1.91. The summed E-state index contributed by atoms with van der Waals surface area (Å²) >= 11 is 0. The largest absolute Gasteiger partial charge is 0.329 e. The Labute approximate surface area is 110 Å². The molecule has 1 saturated carbocycles. The molecule has 0 aromatic carbocycles. The second-order valence-electron chi connectivity index (χ2n) is 6.37. The fraction of sp³-hybridized carbons (Fsp3) is 0.786. The molecule has 1 aromatic heterocycles. The Morgan fingerprint density at radius 1 is 1.61 bits per heavy atom. The summed E-state index contributed by atoms with van der Waals surface area (Å²) in [5.41, 5.74) is 8.85. The molecule has 1 heterocycles. The molecule has 1 aliphatic carbocycles. The van der Waals surface area contributed by atoms with Crippen LogP contribution >= 0.6 is 0 Å². The average molecular weight is 250 g/mol. The van der Waals surface area contributed by atoms with Crippen molar-refractivity contribution >= 4 is 0 Å². The molecular weight excluding hydrogens is 224 g/mol. The van der Waals surface area contributed by atoms with Crippen molar-refractivity contribution in [3.63, 3.8) is 0 Å². The molecule has 0 saturated heterocycles. The van der Waals surface area contributed by atoms with E-state index in [1.807, 2.05) is 17.9 Å². The molecular formula is C14H26N4. The molecule has 3 N–H and O–H groups in total. The number of aromatic nitrogens is 2. The molecule has 2 atom stereocenters. The monoisotopic (exact) mass is 250 g/mol. The van der Waals surface area contributed by atoms with E-state index < -0.39 is 0 Å². The molecule has 4 nitrogen and oxygen atoms in total. The number of hydrogen-bond acceptors (Lipinski definition) is 3. The smallest absolute Gasteiger partial charge is 0.0540 e. The van der Waals surface area contributed by atoms with E-state index >= 15 is 0 Å². The highest BCUT2D eigenvalue weighted by molar-refractivity contribution is 5.21. The second kappa shape index (κ2) is 5.02. The zero-order valence-electron chi connectivity index (χ0n) is 12.0. The molecule has 0 spiro atoms. The van der Waals surface area contributed by atoms with Gasteiger partial charge in [0.25, 0.3) is 0 Å². The first kappa shape index (κ1) is 13.6. The van der Waals surface area contributed by atoms with Crippen LogP contribution in [0.15, 0.2) is 6.20 Å². The van der Waals surface area contributed by atoms with E-state index in [0.29, 0.717) is 18.0 Å². The normalized spacial score (nSPS) is 24.4. The molecule has 1 aliphatic rings. The fourth-order valence-corrected chi connectivity index (χ4v) is 3.01. The lowest BCUT2D eigenvalue weighted by Crippen LogP contribution is -2.36. The van der Waals surface area contributed by atoms with Crippen molar-refractivity contribution < 1.29 is 0 Å². The molecule has 102 valence electrons. The standard InChI is InChI=1S/C14H26N4/c1-10-12(9-16-18(10)4)13(8-15)17-11-5-6-14(2,3)7-11/h9,11,13,17H,5-8,15H2,1-4H3. The minimum atomic E-state index is 0.234. The van der Waals surface area contributed by atoms with Gasteiger partial charge in [0.1, 0.15) is 0 Å². The van der Waals surface area contributed by atoms with Gasteiger partial charge in [-0.05, 0) is 31.6 Å². The number of hydrogen-bond donors (Lipinski definition) is 2. The van der Waals surface area contributed by atoms with Crippen molar-refractivity contribution in [2.45, 2.75) is 52.1 Å². The average Bonchev–Trinajstić information content (AvgIpc) is 2.81. The Balaban J connectivity index is 2.04. The van der Waals surface area contributed by atoms with E-state index in [1.54, 1.807) is 0 Å². The van der Waals surface area contributed by atoms with Crippen LogP contribution in [0.2, 0.25) is 0 Å². The lowest BCUT2D eigenvalue weighted by molar-refractivity contribution is 0.353. The van der Waals surface area contributed by atoms with E-state index in [1.165, 1.54) is 30.5 Å². The van der Waals surface area contributed by atoms with Crippen LogP contribution in [0, 0.1) is 12.3 Å². The van der Waals surface area contributed by atoms with Gasteiger partial charge in [-0.3, -0.25) is 4.68 Å². The summed E-state index contributed by atoms with van der Waals surface area (Å²) in [5.74, 6) is 0. The van der Waals surface area contributed by atoms with Crippen LogP contribution in [-0.4, -0.2) is 22.4 Å². The van der Waals surface area contributed by atoms with Crippen molar-refractivity contribution in [2.75, 3.05) is 6.54 Å². The highest BCUT2D eigenvalue weighted by Gasteiger charge is 2.32. The molecule has 0 aliphatic heterocycles. The van der Waals surface area contributed by atoms with Gasteiger partial charge in [0, 0.05) is 36.9 Å². The van der Waals surface area contributed by atoms with Gasteiger partial charge < -0.3 is 11.1 Å². The minimum absolute atomic E-state index is 0.234. The van der Waals surface area contributed by atoms with Gasteiger partial charge in [-0.25, -0.2) is 0 Å². The molecule has 2 unspecified atom stereocenters. The molecule has 0 bridgehead atoms. The summed E-state index contributed by atoms with van der Waals surface area (Å²) in [6, 6.07) is 0.825. The Bertz CT molecular complexity index is 408. The minimum Gasteiger partial charge on any atom is -0.329 e. The lowest BCUT2D eigenvalue weighted by atomic mass is 9.91. The number of nitrogens with one attached hydrogen (secondary N) is 1. The SMILES string of the molecule is Cc1c(C(CN)NC2CCC(C)(C)C2)cnn1C. The summed E-state index contributed by atoms with van der Waals surface area (Å²) in [6.45, 7) is 7.43. The van der Waals surface area contributed by atoms with E-state index in [4.69, 9.17) is 5.73 Å². The zero-order valence-corrected chi connectivity index (χ0v) is 12.0. The summed E-state index contributed by atoms with van der Waals surface area (Å²) in [4.78, 5) is 0. The van der Waals surface area contributed by atoms with Gasteiger partial charge in [0.05, 0.1) is 6.20 Å². The fourth-order valence-electron chi connectivity index (χ4n) is 3.01. The number of rotatable bonds is 4. The molecule has 18 heavy (non-hydrogen) atoms. The molecule has 1 fully saturated rings. The van der Waals surface area contributed by atoms with Crippen LogP contribution in [0.25, 0.3) is 0 Å². The summed E-state index contributed by atoms with van der Waals surface area (Å²) in [7, 11) is 1.98. The maximum absolute atomic E-state index is 5.93. The Morgan fingerprint density at radius 2 is 2.33 bits per heavy atom. The van der Waals surface area contributed by atoms with Crippen molar-refractivity contribution in [1.82, 2.24) is 15.1 Å². The van der Waals surface area contributed by atoms with Crippen molar-refractivity contribution in [3.05, 3.63) is 17.5 Å². The number of nitrogens with zero attached hydrogens (tertiary/aromatic N) is 2. The summed E-state index contributed by atoms with van der Waals surface area (Å²) in [6.07, 6.45) is 5.74. The van der Waals surface area contributed by atoms with E-state index in [9.17, 15) is 0 Å². The number of nitrogens with two attached hydrogens (primary N) is 1. The van der Waals surface area contributed by atoms with Crippen LogP contribution < -0.4 is 11.1 Å². The molecule has 1 aromatic rings. The zero-order chi connectivity index (χ0) is 13.3. The Kier molecular flexibility index (Phi) is 3.78. The Morgan fingerprint density at radius 3 is 2.78 bits per heavy atom. The first-order valence-electron chi connectivity index (χ1n) is 6.87. The van der Waals surface area contributed by atoms with Gasteiger partial charge >= 0.3 is 0 Å². The van der Waals surface area contributed by atoms with Crippen LogP contribution in [-0.2, 0) is 7.05 Å². The van der Waals surface area contributed by atoms with E-state index in [2.05, 4.69) is 31.2 Å². The van der Waals surface area contributed by atoms with Gasteiger partial charge in [0.15, 0.2) is 0 Å².